The van der Waals surface area contributed by atoms with Gasteiger partial charge in [-0.25, -0.2) is 9.97 Å². The van der Waals surface area contributed by atoms with E-state index in [1.807, 2.05) is 6.20 Å². The Morgan fingerprint density at radius 1 is 1.55 bits per heavy atom. The maximum Gasteiger partial charge on any atom is 0.115 e. The van der Waals surface area contributed by atoms with Crippen molar-refractivity contribution < 1.29 is 0 Å². The lowest BCUT2D eigenvalue weighted by molar-refractivity contribution is 0.902. The van der Waals surface area contributed by atoms with Crippen molar-refractivity contribution in [3.8, 4) is 0 Å². The molecule has 3 nitrogen and oxygen atoms in total. The molecule has 58 valence electrons. The Morgan fingerprint density at radius 3 is 3.00 bits per heavy atom. The lowest BCUT2D eigenvalue weighted by atomic mass is 10.1. The summed E-state index contributed by atoms with van der Waals surface area (Å²) in [4.78, 5) is 8.11. The molecule has 3 heteroatoms. The molecule has 0 unspecified atom stereocenters. The van der Waals surface area contributed by atoms with Gasteiger partial charge >= 0.3 is 0 Å². The van der Waals surface area contributed by atoms with E-state index in [4.69, 9.17) is 5.73 Å². The second-order valence-corrected chi connectivity index (χ2v) is 2.90. The fraction of sp³-hybridized carbons (Fsp3) is 0.500. The molecular formula is C8H11N3. The van der Waals surface area contributed by atoms with Crippen LogP contribution in [-0.4, -0.2) is 9.97 Å². The number of aromatic nitrogens is 2. The number of nitrogens with zero attached hydrogens (tertiary/aromatic N) is 2. The summed E-state index contributed by atoms with van der Waals surface area (Å²) >= 11 is 0. The fourth-order valence-corrected chi connectivity index (χ4v) is 1.27. The van der Waals surface area contributed by atoms with Crippen LogP contribution in [0.3, 0.4) is 0 Å². The van der Waals surface area contributed by atoms with Gasteiger partial charge in [0, 0.05) is 12.7 Å². The van der Waals surface area contributed by atoms with Crippen molar-refractivity contribution in [2.45, 2.75) is 25.3 Å². The van der Waals surface area contributed by atoms with E-state index in [0.29, 0.717) is 12.5 Å². The van der Waals surface area contributed by atoms with Crippen molar-refractivity contribution in [3.05, 3.63) is 23.8 Å². The topological polar surface area (TPSA) is 51.8 Å². The van der Waals surface area contributed by atoms with Gasteiger partial charge in [0.05, 0.1) is 5.69 Å². The van der Waals surface area contributed by atoms with E-state index < -0.39 is 0 Å². The minimum atomic E-state index is 0.536. The van der Waals surface area contributed by atoms with Crippen LogP contribution in [-0.2, 0) is 6.54 Å². The number of hydrogen-bond acceptors (Lipinski definition) is 3. The predicted molar refractivity (Wildman–Crippen MR) is 41.9 cm³/mol. The number of nitrogens with two attached hydrogens (primary N) is 1. The van der Waals surface area contributed by atoms with Gasteiger partial charge in [0.1, 0.15) is 6.33 Å². The Hall–Kier alpha value is -0.960. The van der Waals surface area contributed by atoms with E-state index in [-0.39, 0.29) is 0 Å². The second kappa shape index (κ2) is 2.58. The maximum absolute atomic E-state index is 5.53. The highest BCUT2D eigenvalue weighted by atomic mass is 14.8. The van der Waals surface area contributed by atoms with Crippen LogP contribution in [0, 0.1) is 0 Å². The molecule has 2 rings (SSSR count). The second-order valence-electron chi connectivity index (χ2n) is 2.90. The average Bonchev–Trinajstić information content (AvgIpc) is 2.87. The zero-order valence-electron chi connectivity index (χ0n) is 6.33. The molecule has 0 aliphatic heterocycles. The van der Waals surface area contributed by atoms with Gasteiger partial charge < -0.3 is 5.73 Å². The Bertz CT molecular complexity index is 255. The quantitative estimate of drug-likeness (QED) is 0.677. The summed E-state index contributed by atoms with van der Waals surface area (Å²) in [6.07, 6.45) is 6.02. The van der Waals surface area contributed by atoms with E-state index in [0.717, 1.165) is 5.69 Å². The molecule has 1 heterocycles. The van der Waals surface area contributed by atoms with Gasteiger partial charge in [0.25, 0.3) is 0 Å². The zero-order chi connectivity index (χ0) is 7.68. The van der Waals surface area contributed by atoms with Crippen LogP contribution in [0.1, 0.15) is 30.0 Å². The number of hydrogen-bond donors (Lipinski definition) is 1. The van der Waals surface area contributed by atoms with Crippen molar-refractivity contribution in [2.24, 2.45) is 5.73 Å². The van der Waals surface area contributed by atoms with E-state index in [2.05, 4.69) is 9.97 Å². The molecule has 0 radical (unpaired) electrons. The van der Waals surface area contributed by atoms with Gasteiger partial charge in [-0.1, -0.05) is 0 Å². The minimum absolute atomic E-state index is 0.536. The van der Waals surface area contributed by atoms with Crippen molar-refractivity contribution >= 4 is 0 Å². The Labute approximate surface area is 65.7 Å². The minimum Gasteiger partial charge on any atom is -0.325 e. The normalized spacial score (nSPS) is 16.8. The molecule has 0 atom stereocenters. The van der Waals surface area contributed by atoms with Crippen molar-refractivity contribution in [2.75, 3.05) is 0 Å². The highest BCUT2D eigenvalue weighted by Crippen LogP contribution is 2.40. The lowest BCUT2D eigenvalue weighted by Gasteiger charge is -2.01. The molecule has 0 saturated heterocycles. The molecule has 0 bridgehead atoms. The third-order valence-electron chi connectivity index (χ3n) is 2.04. The van der Waals surface area contributed by atoms with Gasteiger partial charge in [0.15, 0.2) is 0 Å². The Kier molecular flexibility index (Phi) is 1.58. The van der Waals surface area contributed by atoms with E-state index in [1.54, 1.807) is 6.33 Å². The third kappa shape index (κ3) is 1.24. The smallest absolute Gasteiger partial charge is 0.115 e. The molecule has 1 aromatic rings. The average molecular weight is 149 g/mol. The van der Waals surface area contributed by atoms with Crippen LogP contribution in [0.15, 0.2) is 12.5 Å². The van der Waals surface area contributed by atoms with Crippen molar-refractivity contribution in [3.63, 3.8) is 0 Å². The van der Waals surface area contributed by atoms with Crippen molar-refractivity contribution in [1.29, 1.82) is 0 Å². The summed E-state index contributed by atoms with van der Waals surface area (Å²) in [6.45, 7) is 0.536. The first-order valence-corrected chi connectivity index (χ1v) is 3.90. The molecule has 1 aromatic heterocycles. The summed E-state index contributed by atoms with van der Waals surface area (Å²) in [5, 5.41) is 0. The molecular weight excluding hydrogens is 138 g/mol. The summed E-state index contributed by atoms with van der Waals surface area (Å²) in [7, 11) is 0. The van der Waals surface area contributed by atoms with Gasteiger partial charge in [-0.2, -0.15) is 0 Å². The highest BCUT2D eigenvalue weighted by molar-refractivity contribution is 5.24. The van der Waals surface area contributed by atoms with Crippen LogP contribution < -0.4 is 5.73 Å². The SMILES string of the molecule is NCc1ncncc1C1CC1. The largest absolute Gasteiger partial charge is 0.325 e. The van der Waals surface area contributed by atoms with Crippen LogP contribution in [0.25, 0.3) is 0 Å². The molecule has 1 aliphatic carbocycles. The first-order chi connectivity index (χ1) is 5.42. The van der Waals surface area contributed by atoms with Crippen LogP contribution >= 0.6 is 0 Å². The predicted octanol–water partition coefficient (Wildman–Crippen LogP) is 0.813. The van der Waals surface area contributed by atoms with Gasteiger partial charge in [-0.3, -0.25) is 0 Å². The Balaban J connectivity index is 2.34. The molecule has 0 spiro atoms. The van der Waals surface area contributed by atoms with E-state index in [1.165, 1.54) is 18.4 Å². The van der Waals surface area contributed by atoms with Crippen molar-refractivity contribution in [1.82, 2.24) is 9.97 Å². The molecule has 1 aliphatic rings. The summed E-state index contributed by atoms with van der Waals surface area (Å²) in [5.74, 6) is 0.703. The monoisotopic (exact) mass is 149 g/mol. The van der Waals surface area contributed by atoms with Crippen LogP contribution in [0.2, 0.25) is 0 Å². The first-order valence-electron chi connectivity index (χ1n) is 3.90. The number of rotatable bonds is 2. The summed E-state index contributed by atoms with van der Waals surface area (Å²) in [5.41, 5.74) is 7.80. The lowest BCUT2D eigenvalue weighted by Crippen LogP contribution is -2.04. The Morgan fingerprint density at radius 2 is 2.36 bits per heavy atom. The fourth-order valence-electron chi connectivity index (χ4n) is 1.27. The van der Waals surface area contributed by atoms with Crippen LogP contribution in [0.5, 0.6) is 0 Å². The first kappa shape index (κ1) is 6.73. The van der Waals surface area contributed by atoms with Gasteiger partial charge in [-0.15, -0.1) is 0 Å². The van der Waals surface area contributed by atoms with Gasteiger partial charge in [0.2, 0.25) is 0 Å². The molecule has 0 amide bonds. The van der Waals surface area contributed by atoms with Gasteiger partial charge in [-0.05, 0) is 24.3 Å². The molecule has 1 fully saturated rings. The molecule has 11 heavy (non-hydrogen) atoms. The summed E-state index contributed by atoms with van der Waals surface area (Å²) in [6, 6.07) is 0. The van der Waals surface area contributed by atoms with E-state index >= 15 is 0 Å². The van der Waals surface area contributed by atoms with E-state index in [9.17, 15) is 0 Å². The molecule has 0 aromatic carbocycles. The maximum atomic E-state index is 5.53. The molecule has 2 N–H and O–H groups in total. The molecule has 1 saturated carbocycles. The van der Waals surface area contributed by atoms with Crippen LogP contribution in [0.4, 0.5) is 0 Å². The highest BCUT2D eigenvalue weighted by Gasteiger charge is 2.26. The standard InChI is InChI=1S/C8H11N3/c9-3-8-7(6-1-2-6)4-10-5-11-8/h4-6H,1-3,9H2. The zero-order valence-corrected chi connectivity index (χ0v) is 6.33. The third-order valence-corrected chi connectivity index (χ3v) is 2.04. The summed E-state index contributed by atoms with van der Waals surface area (Å²) < 4.78 is 0.